The Kier molecular flexibility index (Phi) is 8.13. The zero-order chi connectivity index (χ0) is 24.3. The van der Waals surface area contributed by atoms with Crippen LogP contribution in [0.2, 0.25) is 15.1 Å². The number of halogens is 6. The molecule has 6 nitrogen and oxygen atoms in total. The van der Waals surface area contributed by atoms with Crippen molar-refractivity contribution in [1.29, 1.82) is 0 Å². The van der Waals surface area contributed by atoms with E-state index in [2.05, 4.69) is 21.1 Å². The molecule has 2 aromatic carbocycles. The number of rotatable bonds is 4. The number of benzene rings is 2. The van der Waals surface area contributed by atoms with E-state index in [0.29, 0.717) is 15.7 Å². The number of amides is 1. The highest BCUT2D eigenvalue weighted by molar-refractivity contribution is 6.37. The highest BCUT2D eigenvalue weighted by Crippen LogP contribution is 2.34. The van der Waals surface area contributed by atoms with Crippen molar-refractivity contribution in [3.05, 3.63) is 63.1 Å². The third-order valence-corrected chi connectivity index (χ3v) is 5.85. The summed E-state index contributed by atoms with van der Waals surface area (Å²) < 4.78 is 40.4. The number of hydrogen-bond acceptors (Lipinski definition) is 4. The molecule has 3 unspecified atom stereocenters. The van der Waals surface area contributed by atoms with Crippen LogP contribution in [-0.4, -0.2) is 41.8 Å². The number of anilines is 1. The van der Waals surface area contributed by atoms with Gasteiger partial charge in [0.1, 0.15) is 12.2 Å². The van der Waals surface area contributed by atoms with Crippen molar-refractivity contribution >= 4 is 52.4 Å². The highest BCUT2D eigenvalue weighted by atomic mass is 35.5. The fourth-order valence-electron chi connectivity index (χ4n) is 3.44. The zero-order valence-electron chi connectivity index (χ0n) is 17.6. The Labute approximate surface area is 204 Å². The molecule has 0 bridgehead atoms. The molecule has 3 rings (SSSR count). The summed E-state index contributed by atoms with van der Waals surface area (Å²) in [7, 11) is 0. The van der Waals surface area contributed by atoms with Gasteiger partial charge in [-0.05, 0) is 36.4 Å². The Morgan fingerprint density at radius 3 is 2.45 bits per heavy atom. The lowest BCUT2D eigenvalue weighted by atomic mass is 10.0. The number of nitrogens with one attached hydrogen (secondary N) is 3. The fourth-order valence-corrected chi connectivity index (χ4v) is 4.13. The summed E-state index contributed by atoms with van der Waals surface area (Å²) in [5.41, 5.74) is 3.07. The van der Waals surface area contributed by atoms with E-state index in [-0.39, 0.29) is 23.1 Å². The number of hydrogen-bond donors (Lipinski definition) is 3. The number of carbonyl (C=O) groups excluding carboxylic acids is 1. The van der Waals surface area contributed by atoms with Gasteiger partial charge in [-0.25, -0.2) is 15.4 Å². The fraction of sp³-hybridized carbons (Fsp3) is 0.333. The molecule has 1 aliphatic rings. The van der Waals surface area contributed by atoms with Gasteiger partial charge in [-0.15, -0.1) is 0 Å². The van der Waals surface area contributed by atoms with Crippen LogP contribution in [0.4, 0.5) is 18.9 Å². The summed E-state index contributed by atoms with van der Waals surface area (Å²) in [6.45, 7) is 3.41. The van der Waals surface area contributed by atoms with E-state index in [1.807, 2.05) is 0 Å². The molecule has 0 radical (unpaired) electrons. The van der Waals surface area contributed by atoms with Crippen LogP contribution in [0, 0.1) is 5.92 Å². The van der Waals surface area contributed by atoms with Gasteiger partial charge >= 0.3 is 6.18 Å². The second-order valence-corrected chi connectivity index (χ2v) is 8.68. The van der Waals surface area contributed by atoms with Crippen molar-refractivity contribution in [2.24, 2.45) is 10.9 Å². The van der Waals surface area contributed by atoms with Gasteiger partial charge in [-0.2, -0.15) is 13.2 Å². The predicted molar refractivity (Wildman–Crippen MR) is 125 cm³/mol. The summed E-state index contributed by atoms with van der Waals surface area (Å²) in [4.78, 5) is 17.3. The molecule has 12 heteroatoms. The molecule has 0 aromatic heterocycles. The van der Waals surface area contributed by atoms with Crippen LogP contribution in [0.25, 0.3) is 0 Å². The minimum absolute atomic E-state index is 0.0618. The smallest absolute Gasteiger partial charge is 0.326 e. The van der Waals surface area contributed by atoms with E-state index >= 15 is 0 Å². The Bertz CT molecular complexity index is 1050. The molecule has 1 heterocycles. The van der Waals surface area contributed by atoms with Crippen molar-refractivity contribution < 1.29 is 18.0 Å². The molecule has 0 saturated carbocycles. The summed E-state index contributed by atoms with van der Waals surface area (Å²) in [5.74, 6) is -1.61. The lowest BCUT2D eigenvalue weighted by Crippen LogP contribution is -2.45. The van der Waals surface area contributed by atoms with Crippen molar-refractivity contribution in [3.63, 3.8) is 0 Å². The second-order valence-electron chi connectivity index (χ2n) is 7.40. The van der Waals surface area contributed by atoms with E-state index in [1.165, 1.54) is 30.1 Å². The SMILES string of the molecule is CCN1NC(C(F)(F)F)C(C)C1N=C(NC(=O)c1ccc(Cl)cc1Cl)Nc1cccc(Cl)c1. The number of nitrogens with zero attached hydrogens (tertiary/aromatic N) is 2. The van der Waals surface area contributed by atoms with Crippen LogP contribution >= 0.6 is 34.8 Å². The van der Waals surface area contributed by atoms with E-state index in [0.717, 1.165) is 0 Å². The van der Waals surface area contributed by atoms with Gasteiger partial charge in [0.15, 0.2) is 0 Å². The average molecular weight is 523 g/mol. The van der Waals surface area contributed by atoms with Gasteiger partial charge in [-0.3, -0.25) is 10.1 Å². The van der Waals surface area contributed by atoms with Crippen LogP contribution < -0.4 is 16.1 Å². The molecule has 33 heavy (non-hydrogen) atoms. The first-order valence-electron chi connectivity index (χ1n) is 9.96. The number of hydrazine groups is 1. The summed E-state index contributed by atoms with van der Waals surface area (Å²) in [5, 5.41) is 7.80. The van der Waals surface area contributed by atoms with Gasteiger partial charge in [-0.1, -0.05) is 54.7 Å². The van der Waals surface area contributed by atoms with E-state index in [9.17, 15) is 18.0 Å². The van der Waals surface area contributed by atoms with Gasteiger partial charge < -0.3 is 5.32 Å². The third kappa shape index (κ3) is 6.30. The van der Waals surface area contributed by atoms with Gasteiger partial charge in [0.2, 0.25) is 5.96 Å². The molecular weight excluding hydrogens is 502 g/mol. The lowest BCUT2D eigenvalue weighted by Gasteiger charge is -2.22. The highest BCUT2D eigenvalue weighted by Gasteiger charge is 2.52. The number of aliphatic imine (C=N–C) groups is 1. The molecule has 2 aromatic rings. The number of carbonyl (C=O) groups is 1. The molecule has 0 spiro atoms. The molecule has 3 atom stereocenters. The monoisotopic (exact) mass is 521 g/mol. The first-order valence-corrected chi connectivity index (χ1v) is 11.1. The largest absolute Gasteiger partial charge is 0.405 e. The molecule has 0 aliphatic carbocycles. The summed E-state index contributed by atoms with van der Waals surface area (Å²) >= 11 is 18.1. The normalized spacial score (nSPS) is 21.8. The molecule has 1 amide bonds. The van der Waals surface area contributed by atoms with Crippen molar-refractivity contribution in [2.45, 2.75) is 32.2 Å². The Hall–Kier alpha value is -2.04. The van der Waals surface area contributed by atoms with Gasteiger partial charge in [0.05, 0.1) is 10.6 Å². The maximum absolute atomic E-state index is 13.5. The molecule has 3 N–H and O–H groups in total. The van der Waals surface area contributed by atoms with Crippen molar-refractivity contribution in [2.75, 3.05) is 11.9 Å². The quantitative estimate of drug-likeness (QED) is 0.362. The molecule has 1 fully saturated rings. The average Bonchev–Trinajstić information content (AvgIpc) is 3.03. The zero-order valence-corrected chi connectivity index (χ0v) is 19.8. The van der Waals surface area contributed by atoms with Crippen LogP contribution in [0.15, 0.2) is 47.5 Å². The van der Waals surface area contributed by atoms with Crippen molar-refractivity contribution in [1.82, 2.24) is 15.8 Å². The minimum Gasteiger partial charge on any atom is -0.326 e. The Morgan fingerprint density at radius 2 is 1.85 bits per heavy atom. The summed E-state index contributed by atoms with van der Waals surface area (Å²) in [6.07, 6.45) is -5.37. The molecule has 1 aliphatic heterocycles. The van der Waals surface area contributed by atoms with E-state index in [4.69, 9.17) is 34.8 Å². The minimum atomic E-state index is -4.46. The molecule has 178 valence electrons. The number of alkyl halides is 3. The van der Waals surface area contributed by atoms with Crippen molar-refractivity contribution in [3.8, 4) is 0 Å². The van der Waals surface area contributed by atoms with Crippen LogP contribution in [0.1, 0.15) is 24.2 Å². The van der Waals surface area contributed by atoms with Gasteiger partial charge in [0.25, 0.3) is 5.91 Å². The van der Waals surface area contributed by atoms with Gasteiger partial charge in [0, 0.05) is 28.2 Å². The topological polar surface area (TPSA) is 68.8 Å². The van der Waals surface area contributed by atoms with Crippen LogP contribution in [0.5, 0.6) is 0 Å². The predicted octanol–water partition coefficient (Wildman–Crippen LogP) is 5.58. The Balaban J connectivity index is 1.95. The maximum atomic E-state index is 13.5. The Morgan fingerprint density at radius 1 is 1.15 bits per heavy atom. The lowest BCUT2D eigenvalue weighted by molar-refractivity contribution is -0.163. The first-order chi connectivity index (χ1) is 15.5. The van der Waals surface area contributed by atoms with E-state index < -0.39 is 30.2 Å². The second kappa shape index (κ2) is 10.5. The summed E-state index contributed by atoms with van der Waals surface area (Å²) in [6, 6.07) is 9.17. The first kappa shape index (κ1) is 25.6. The number of guanidine groups is 1. The molecular formula is C21H21Cl3F3N5O. The maximum Gasteiger partial charge on any atom is 0.405 e. The third-order valence-electron chi connectivity index (χ3n) is 5.07. The van der Waals surface area contributed by atoms with Crippen LogP contribution in [-0.2, 0) is 0 Å². The standard InChI is InChI=1S/C21H21Cl3F3N5O/c1-3-32-18(11(2)17(31-32)21(25,26)27)29-20(28-14-6-4-5-12(22)9-14)30-19(33)15-8-7-13(23)10-16(15)24/h4-11,17-18,31H,3H2,1-2H3,(H2,28,29,30,33). The van der Waals surface area contributed by atoms with Crippen LogP contribution in [0.3, 0.4) is 0 Å². The van der Waals surface area contributed by atoms with E-state index in [1.54, 1.807) is 31.2 Å². The molecule has 1 saturated heterocycles.